The summed E-state index contributed by atoms with van der Waals surface area (Å²) in [7, 11) is 3.68. The van der Waals surface area contributed by atoms with E-state index in [0.29, 0.717) is 28.5 Å². The summed E-state index contributed by atoms with van der Waals surface area (Å²) >= 11 is 3.54. The number of esters is 1. The van der Waals surface area contributed by atoms with Gasteiger partial charge in [-0.25, -0.2) is 13.6 Å². The molecule has 0 radical (unpaired) electrons. The standard InChI is InChI=1S/C20H19BrN2O2.C8H9F2P.C2H6/c1-12-4-6-15(21)10-18(12)19-7-5-13(2)23(19)17-9-14(20(24)25-3)8-16(22)11-17;1-2-6-7(10)3-5(9)4-8(6)11;1-2/h4-11H,22H2,1-3H3;3-4H,2,11H2,1H3;1-2H3. The molecule has 1 atom stereocenters. The van der Waals surface area contributed by atoms with Crippen molar-refractivity contribution in [1.82, 2.24) is 4.57 Å². The van der Waals surface area contributed by atoms with Crippen molar-refractivity contribution in [3.63, 3.8) is 0 Å². The maximum Gasteiger partial charge on any atom is 0.337 e. The summed E-state index contributed by atoms with van der Waals surface area (Å²) in [5.41, 5.74) is 12.7. The number of hydrogen-bond acceptors (Lipinski definition) is 3. The summed E-state index contributed by atoms with van der Waals surface area (Å²) in [5.74, 6) is -1.39. The Morgan fingerprint density at radius 2 is 1.71 bits per heavy atom. The lowest BCUT2D eigenvalue weighted by Gasteiger charge is -2.15. The van der Waals surface area contributed by atoms with Crippen LogP contribution in [0.3, 0.4) is 0 Å². The second-order valence-electron chi connectivity index (χ2n) is 8.27. The summed E-state index contributed by atoms with van der Waals surface area (Å²) in [4.78, 5) is 11.9. The number of carbonyl (C=O) groups is 1. The van der Waals surface area contributed by atoms with Crippen molar-refractivity contribution in [2.24, 2.45) is 0 Å². The van der Waals surface area contributed by atoms with Crippen LogP contribution < -0.4 is 11.0 Å². The third-order valence-corrected chi connectivity index (χ3v) is 6.73. The quantitative estimate of drug-likeness (QED) is 0.146. The summed E-state index contributed by atoms with van der Waals surface area (Å²) < 4.78 is 33.3. The molecule has 1 aromatic heterocycles. The number of hydrogen-bond donors (Lipinski definition) is 1. The van der Waals surface area contributed by atoms with Crippen LogP contribution in [0.4, 0.5) is 14.5 Å². The van der Waals surface area contributed by atoms with Crippen LogP contribution in [0.5, 0.6) is 0 Å². The largest absolute Gasteiger partial charge is 0.465 e. The first-order valence-electron chi connectivity index (χ1n) is 12.2. The molecule has 4 nitrogen and oxygen atoms in total. The molecule has 0 fully saturated rings. The minimum Gasteiger partial charge on any atom is -0.465 e. The number of rotatable bonds is 4. The van der Waals surface area contributed by atoms with Gasteiger partial charge in [-0.05, 0) is 85.2 Å². The first-order valence-corrected chi connectivity index (χ1v) is 13.6. The van der Waals surface area contributed by atoms with Gasteiger partial charge in [-0.15, -0.1) is 9.24 Å². The highest BCUT2D eigenvalue weighted by atomic mass is 79.9. The van der Waals surface area contributed by atoms with E-state index in [1.165, 1.54) is 18.7 Å². The van der Waals surface area contributed by atoms with Gasteiger partial charge in [0.15, 0.2) is 0 Å². The van der Waals surface area contributed by atoms with Crippen LogP contribution in [-0.2, 0) is 11.2 Å². The van der Waals surface area contributed by atoms with Gasteiger partial charge in [0.1, 0.15) is 11.6 Å². The van der Waals surface area contributed by atoms with E-state index in [1.54, 1.807) is 12.1 Å². The van der Waals surface area contributed by atoms with E-state index < -0.39 is 17.6 Å². The predicted octanol–water partition coefficient (Wildman–Crippen LogP) is 7.95. The molecule has 1 unspecified atom stereocenters. The number of ether oxygens (including phenoxy) is 1. The van der Waals surface area contributed by atoms with Crippen molar-refractivity contribution < 1.29 is 18.3 Å². The van der Waals surface area contributed by atoms with E-state index in [4.69, 9.17) is 10.5 Å². The Balaban J connectivity index is 0.000000327. The number of methoxy groups -OCH3 is 1. The first kappa shape index (κ1) is 31.2. The molecule has 2 N–H and O–H groups in total. The molecule has 0 aliphatic carbocycles. The van der Waals surface area contributed by atoms with Gasteiger partial charge in [0.2, 0.25) is 0 Å². The van der Waals surface area contributed by atoms with E-state index in [2.05, 4.69) is 60.9 Å². The van der Waals surface area contributed by atoms with Crippen LogP contribution in [0.2, 0.25) is 0 Å². The van der Waals surface area contributed by atoms with Crippen molar-refractivity contribution in [2.45, 2.75) is 41.0 Å². The van der Waals surface area contributed by atoms with Gasteiger partial charge in [-0.3, -0.25) is 0 Å². The minimum absolute atomic E-state index is 0.404. The molecular formula is C30H34BrF2N2O2P. The molecule has 0 bridgehead atoms. The van der Waals surface area contributed by atoms with Gasteiger partial charge in [-0.2, -0.15) is 0 Å². The third kappa shape index (κ3) is 7.52. The van der Waals surface area contributed by atoms with E-state index in [1.807, 2.05) is 39.8 Å². The fourth-order valence-corrected chi connectivity index (χ4v) is 4.82. The van der Waals surface area contributed by atoms with Crippen molar-refractivity contribution in [3.05, 3.63) is 99.2 Å². The third-order valence-electron chi connectivity index (χ3n) is 5.72. The fourth-order valence-electron chi connectivity index (χ4n) is 3.96. The van der Waals surface area contributed by atoms with Gasteiger partial charge in [0, 0.05) is 33.2 Å². The maximum atomic E-state index is 12.9. The van der Waals surface area contributed by atoms with Crippen LogP contribution in [0, 0.1) is 25.5 Å². The highest BCUT2D eigenvalue weighted by molar-refractivity contribution is 9.10. The molecular weight excluding hydrogens is 569 g/mol. The normalized spacial score (nSPS) is 10.2. The molecule has 0 spiro atoms. The molecule has 0 aliphatic rings. The van der Waals surface area contributed by atoms with Crippen LogP contribution in [-0.4, -0.2) is 17.6 Å². The zero-order chi connectivity index (χ0) is 28.6. The lowest BCUT2D eigenvalue weighted by atomic mass is 10.1. The number of benzene rings is 3. The molecule has 0 aliphatic heterocycles. The monoisotopic (exact) mass is 602 g/mol. The van der Waals surface area contributed by atoms with Gasteiger partial charge in [0.25, 0.3) is 0 Å². The average Bonchev–Trinajstić information content (AvgIpc) is 3.27. The van der Waals surface area contributed by atoms with Gasteiger partial charge in [-0.1, -0.05) is 42.8 Å². The number of nitrogen functional groups attached to an aromatic ring is 1. The topological polar surface area (TPSA) is 57.2 Å². The number of nitrogens with two attached hydrogens (primary N) is 1. The van der Waals surface area contributed by atoms with Gasteiger partial charge in [0.05, 0.1) is 18.4 Å². The molecule has 4 rings (SSSR count). The highest BCUT2D eigenvalue weighted by Gasteiger charge is 2.15. The van der Waals surface area contributed by atoms with Crippen molar-refractivity contribution in [3.8, 4) is 16.9 Å². The second-order valence-corrected chi connectivity index (χ2v) is 9.81. The maximum absolute atomic E-state index is 12.9. The zero-order valence-electron chi connectivity index (χ0n) is 22.5. The van der Waals surface area contributed by atoms with Crippen LogP contribution >= 0.6 is 25.2 Å². The molecule has 1 heterocycles. The zero-order valence-corrected chi connectivity index (χ0v) is 25.3. The molecule has 0 saturated carbocycles. The lowest BCUT2D eigenvalue weighted by Crippen LogP contribution is -2.06. The molecule has 4 aromatic rings. The molecule has 0 saturated heterocycles. The second kappa shape index (κ2) is 14.2. The van der Waals surface area contributed by atoms with Crippen LogP contribution in [0.1, 0.15) is 48.0 Å². The predicted molar refractivity (Wildman–Crippen MR) is 161 cm³/mol. The van der Waals surface area contributed by atoms with Crippen LogP contribution in [0.25, 0.3) is 16.9 Å². The average molecular weight is 603 g/mol. The number of nitrogens with zero attached hydrogens (tertiary/aromatic N) is 1. The van der Waals surface area contributed by atoms with E-state index >= 15 is 0 Å². The summed E-state index contributed by atoms with van der Waals surface area (Å²) in [5, 5.41) is 0.602. The van der Waals surface area contributed by atoms with Crippen LogP contribution in [0.15, 0.2) is 65.1 Å². The van der Waals surface area contributed by atoms with E-state index in [-0.39, 0.29) is 0 Å². The number of aryl methyl sites for hydroxylation is 2. The smallest absolute Gasteiger partial charge is 0.337 e. The Hall–Kier alpha value is -3.02. The molecule has 0 amide bonds. The van der Waals surface area contributed by atoms with Crippen molar-refractivity contribution in [1.29, 1.82) is 0 Å². The Kier molecular flexibility index (Phi) is 11.7. The number of anilines is 1. The SMILES string of the molecule is CC.CCc1c(F)cc(F)cc1P.COC(=O)c1cc(N)cc(-n2c(C)ccc2-c2cc(Br)ccc2C)c1. The van der Waals surface area contributed by atoms with Crippen molar-refractivity contribution in [2.75, 3.05) is 12.8 Å². The van der Waals surface area contributed by atoms with Gasteiger partial charge < -0.3 is 15.0 Å². The summed E-state index contributed by atoms with van der Waals surface area (Å²) in [6.07, 6.45) is 0.588. The van der Waals surface area contributed by atoms with Gasteiger partial charge >= 0.3 is 5.97 Å². The molecule has 38 heavy (non-hydrogen) atoms. The first-order chi connectivity index (χ1) is 18.0. The highest BCUT2D eigenvalue weighted by Crippen LogP contribution is 2.32. The van der Waals surface area contributed by atoms with E-state index in [0.717, 1.165) is 33.2 Å². The van der Waals surface area contributed by atoms with Crippen molar-refractivity contribution >= 4 is 42.1 Å². The Morgan fingerprint density at radius 1 is 1.03 bits per heavy atom. The number of halogens is 3. The summed E-state index contributed by atoms with van der Waals surface area (Å²) in [6.45, 7) is 9.94. The minimum atomic E-state index is -0.523. The Morgan fingerprint density at radius 3 is 2.32 bits per heavy atom. The number of carbonyl (C=O) groups excluding carboxylic acids is 1. The Bertz CT molecular complexity index is 1400. The number of aromatic nitrogens is 1. The van der Waals surface area contributed by atoms with E-state index in [9.17, 15) is 13.6 Å². The molecule has 202 valence electrons. The molecule has 3 aromatic carbocycles. The fraction of sp³-hybridized carbons (Fsp3) is 0.233. The Labute approximate surface area is 234 Å². The molecule has 8 heteroatoms. The summed E-state index contributed by atoms with van der Waals surface area (Å²) in [6, 6.07) is 17.8. The lowest BCUT2D eigenvalue weighted by molar-refractivity contribution is 0.0600.